The number of hydrogen-bond acceptors (Lipinski definition) is 7. The third-order valence-corrected chi connectivity index (χ3v) is 11.2. The number of carbonyl (C=O) groups excluding carboxylic acids is 4. The maximum Gasteiger partial charge on any atom is 0.308 e. The highest BCUT2D eigenvalue weighted by atomic mass is 16.6. The van der Waals surface area contributed by atoms with Crippen LogP contribution in [0.25, 0.3) is 0 Å². The minimum absolute atomic E-state index is 0.0312. The highest BCUT2D eigenvalue weighted by Gasteiger charge is 2.72. The molecule has 1 aromatic rings. The van der Waals surface area contributed by atoms with Crippen molar-refractivity contribution in [3.05, 3.63) is 48.0 Å². The number of ether oxygens (including phenoxy) is 2. The third-order valence-electron chi connectivity index (χ3n) is 11.2. The lowest BCUT2D eigenvalue weighted by Gasteiger charge is -2.67. The van der Waals surface area contributed by atoms with Crippen LogP contribution in [-0.4, -0.2) is 35.7 Å². The first-order chi connectivity index (χ1) is 18.6. The number of allylic oxidation sites excluding steroid dienone is 3. The van der Waals surface area contributed by atoms with E-state index < -0.39 is 45.8 Å². The van der Waals surface area contributed by atoms with E-state index in [1.54, 1.807) is 24.7 Å². The van der Waals surface area contributed by atoms with Gasteiger partial charge in [-0.3, -0.25) is 19.2 Å². The van der Waals surface area contributed by atoms with Crippen molar-refractivity contribution in [3.63, 3.8) is 0 Å². The average molecular weight is 551 g/mol. The summed E-state index contributed by atoms with van der Waals surface area (Å²) in [6, 6.07) is 1.82. The molecular weight excluding hydrogens is 508 g/mol. The molecule has 0 aromatic carbocycles. The fourth-order valence-electron chi connectivity index (χ4n) is 9.12. The fourth-order valence-corrected chi connectivity index (χ4v) is 9.12. The van der Waals surface area contributed by atoms with Crippen molar-refractivity contribution in [1.29, 1.82) is 0 Å². The maximum atomic E-state index is 13.8. The van der Waals surface area contributed by atoms with Gasteiger partial charge in [-0.1, -0.05) is 54.5 Å². The second-order valence-electron chi connectivity index (χ2n) is 13.8. The summed E-state index contributed by atoms with van der Waals surface area (Å²) in [5.74, 6) is -2.00. The number of furan rings is 1. The van der Waals surface area contributed by atoms with Gasteiger partial charge in [0.1, 0.15) is 12.2 Å². The molecule has 0 bridgehead atoms. The lowest BCUT2D eigenvalue weighted by Crippen LogP contribution is -2.68. The van der Waals surface area contributed by atoms with Crippen LogP contribution in [0.5, 0.6) is 0 Å². The molecule has 1 aromatic heterocycles. The van der Waals surface area contributed by atoms with Crippen LogP contribution in [0.15, 0.2) is 46.8 Å². The number of fused-ring (bicyclic) bond motifs is 5. The monoisotopic (exact) mass is 550 g/mol. The van der Waals surface area contributed by atoms with E-state index in [2.05, 4.69) is 20.8 Å². The number of hydrogen-bond donors (Lipinski definition) is 0. The highest BCUT2D eigenvalue weighted by molar-refractivity contribution is 6.01. The molecule has 2 fully saturated rings. The molecule has 4 aliphatic carbocycles. The molecule has 9 atom stereocenters. The zero-order valence-corrected chi connectivity index (χ0v) is 24.9. The second-order valence-corrected chi connectivity index (χ2v) is 13.8. The number of esters is 2. The number of carbonyl (C=O) groups is 4. The Morgan fingerprint density at radius 1 is 1.12 bits per heavy atom. The van der Waals surface area contributed by atoms with E-state index in [4.69, 9.17) is 13.9 Å². The molecule has 1 heterocycles. The first-order valence-electron chi connectivity index (χ1n) is 14.5. The first kappa shape index (κ1) is 28.6. The molecule has 9 unspecified atom stereocenters. The molecule has 7 heteroatoms. The molecule has 0 N–H and O–H groups in total. The van der Waals surface area contributed by atoms with Gasteiger partial charge in [0.25, 0.3) is 0 Å². The molecule has 0 saturated heterocycles. The van der Waals surface area contributed by atoms with E-state index >= 15 is 0 Å². The summed E-state index contributed by atoms with van der Waals surface area (Å²) in [5.41, 5.74) is -1.11. The fraction of sp³-hybridized carbons (Fsp3) is 0.636. The van der Waals surface area contributed by atoms with Gasteiger partial charge < -0.3 is 13.9 Å². The quantitative estimate of drug-likeness (QED) is 0.416. The van der Waals surface area contributed by atoms with Gasteiger partial charge in [-0.05, 0) is 54.4 Å². The van der Waals surface area contributed by atoms with Gasteiger partial charge >= 0.3 is 11.9 Å². The van der Waals surface area contributed by atoms with E-state index in [-0.39, 0.29) is 35.3 Å². The molecule has 0 aliphatic heterocycles. The Balaban J connectivity index is 1.75. The van der Waals surface area contributed by atoms with Gasteiger partial charge in [0.05, 0.1) is 24.4 Å². The SMILES string of the molecule is CCC(C)C(=O)OC1CC2C(C)(C)C(=O)C=CC2(C)C2C(OC(C)=O)CC3(C)C(=CC(=O)C3c3ccoc3)C12C. The summed E-state index contributed by atoms with van der Waals surface area (Å²) in [7, 11) is 0. The van der Waals surface area contributed by atoms with E-state index in [1.165, 1.54) is 6.92 Å². The Labute approximate surface area is 236 Å². The van der Waals surface area contributed by atoms with Crippen molar-refractivity contribution in [2.45, 2.75) is 92.8 Å². The average Bonchev–Trinajstić information content (AvgIpc) is 3.47. The molecule has 4 aliphatic rings. The van der Waals surface area contributed by atoms with Gasteiger partial charge in [0.15, 0.2) is 11.6 Å². The normalized spacial score (nSPS) is 40.4. The van der Waals surface area contributed by atoms with Crippen LogP contribution in [0.2, 0.25) is 0 Å². The molecule has 40 heavy (non-hydrogen) atoms. The Morgan fingerprint density at radius 2 is 1.82 bits per heavy atom. The van der Waals surface area contributed by atoms with Crippen molar-refractivity contribution in [2.24, 2.45) is 39.4 Å². The topological polar surface area (TPSA) is 99.9 Å². The predicted octanol–water partition coefficient (Wildman–Crippen LogP) is 5.99. The predicted molar refractivity (Wildman–Crippen MR) is 148 cm³/mol. The van der Waals surface area contributed by atoms with Crippen molar-refractivity contribution in [2.75, 3.05) is 0 Å². The molecule has 0 amide bonds. The molecule has 2 saturated carbocycles. The third kappa shape index (κ3) is 3.82. The van der Waals surface area contributed by atoms with E-state index in [9.17, 15) is 19.2 Å². The lowest BCUT2D eigenvalue weighted by atomic mass is 9.38. The molecular formula is C33H42O7. The summed E-state index contributed by atoms with van der Waals surface area (Å²) >= 11 is 0. The van der Waals surface area contributed by atoms with Crippen LogP contribution in [0, 0.1) is 39.4 Å². The van der Waals surface area contributed by atoms with Crippen molar-refractivity contribution in [1.82, 2.24) is 0 Å². The van der Waals surface area contributed by atoms with Gasteiger partial charge in [0, 0.05) is 34.7 Å². The molecule has 7 nitrogen and oxygen atoms in total. The van der Waals surface area contributed by atoms with Crippen LogP contribution in [0.1, 0.15) is 86.1 Å². The molecule has 0 radical (unpaired) electrons. The Kier molecular flexibility index (Phi) is 6.63. The Morgan fingerprint density at radius 3 is 2.42 bits per heavy atom. The summed E-state index contributed by atoms with van der Waals surface area (Å²) < 4.78 is 18.0. The van der Waals surface area contributed by atoms with Crippen molar-refractivity contribution in [3.8, 4) is 0 Å². The molecule has 0 spiro atoms. The van der Waals surface area contributed by atoms with E-state index in [1.807, 2.05) is 39.8 Å². The smallest absolute Gasteiger partial charge is 0.308 e. The van der Waals surface area contributed by atoms with Gasteiger partial charge in [-0.15, -0.1) is 0 Å². The van der Waals surface area contributed by atoms with E-state index in [0.717, 1.165) is 11.1 Å². The van der Waals surface area contributed by atoms with Gasteiger partial charge in [0.2, 0.25) is 0 Å². The van der Waals surface area contributed by atoms with Crippen LogP contribution < -0.4 is 0 Å². The Bertz CT molecular complexity index is 1300. The maximum absolute atomic E-state index is 13.8. The number of ketones is 2. The van der Waals surface area contributed by atoms with Crippen molar-refractivity contribution >= 4 is 23.5 Å². The van der Waals surface area contributed by atoms with Gasteiger partial charge in [-0.2, -0.15) is 0 Å². The largest absolute Gasteiger partial charge is 0.472 e. The lowest BCUT2D eigenvalue weighted by molar-refractivity contribution is -0.218. The highest BCUT2D eigenvalue weighted by Crippen LogP contribution is 2.73. The summed E-state index contributed by atoms with van der Waals surface area (Å²) in [4.78, 5) is 53.0. The summed E-state index contributed by atoms with van der Waals surface area (Å²) in [6.45, 7) is 15.4. The zero-order chi connectivity index (χ0) is 29.4. The van der Waals surface area contributed by atoms with Crippen LogP contribution >= 0.6 is 0 Å². The summed E-state index contributed by atoms with van der Waals surface area (Å²) in [6.07, 6.45) is 8.92. The minimum atomic E-state index is -0.837. The molecule has 5 rings (SSSR count). The van der Waals surface area contributed by atoms with Crippen LogP contribution in [0.3, 0.4) is 0 Å². The Hall–Kier alpha value is -2.96. The second kappa shape index (κ2) is 9.28. The summed E-state index contributed by atoms with van der Waals surface area (Å²) in [5, 5.41) is 0. The van der Waals surface area contributed by atoms with E-state index in [0.29, 0.717) is 19.3 Å². The minimum Gasteiger partial charge on any atom is -0.472 e. The van der Waals surface area contributed by atoms with Gasteiger partial charge in [-0.25, -0.2) is 0 Å². The number of rotatable bonds is 5. The first-order valence-corrected chi connectivity index (χ1v) is 14.5. The standard InChI is InChI=1S/C33H42O7/c1-9-18(2)29(37)40-26-15-23-30(4,5)25(36)10-12-31(23,6)28-22(39-19(3)34)16-32(7)24(33(26,28)8)14-21(35)27(32)20-11-13-38-17-20/h10-14,17-18,22-23,26-28H,9,15-16H2,1-8H3. The molecule has 216 valence electrons. The van der Waals surface area contributed by atoms with Crippen LogP contribution in [0.4, 0.5) is 0 Å². The zero-order valence-electron chi connectivity index (χ0n) is 24.9. The van der Waals surface area contributed by atoms with Crippen molar-refractivity contribution < 1.29 is 33.1 Å². The van der Waals surface area contributed by atoms with Crippen LogP contribution in [-0.2, 0) is 28.7 Å².